The zero-order chi connectivity index (χ0) is 9.26. The van der Waals surface area contributed by atoms with Crippen molar-refractivity contribution in [1.29, 1.82) is 0 Å². The van der Waals surface area contributed by atoms with Crippen LogP contribution in [0.15, 0.2) is 11.5 Å². The van der Waals surface area contributed by atoms with Gasteiger partial charge in [0.25, 0.3) is 0 Å². The van der Waals surface area contributed by atoms with E-state index in [0.717, 1.165) is 11.8 Å². The van der Waals surface area contributed by atoms with E-state index < -0.39 is 0 Å². The van der Waals surface area contributed by atoms with Crippen molar-refractivity contribution in [3.05, 3.63) is 11.5 Å². The van der Waals surface area contributed by atoms with Crippen LogP contribution in [0.3, 0.4) is 0 Å². The van der Waals surface area contributed by atoms with Gasteiger partial charge < -0.3 is 5.32 Å². The highest BCUT2D eigenvalue weighted by Gasteiger charge is 2.52. The standard InChI is InChI=1S/C10H15NOS/c1-13-6-5-9(12)11-10-7-3-2-4-8(7)10/h5-8,10H,2-4H2,1H3,(H,11,12)/b6-5+/t7-,8+,10?. The van der Waals surface area contributed by atoms with E-state index in [-0.39, 0.29) is 5.91 Å². The molecule has 2 aliphatic carbocycles. The Hall–Kier alpha value is -0.440. The summed E-state index contributed by atoms with van der Waals surface area (Å²) in [5, 5.41) is 4.88. The Bertz CT molecular complexity index is 229. The molecule has 0 radical (unpaired) electrons. The molecule has 2 aliphatic rings. The highest BCUT2D eigenvalue weighted by atomic mass is 32.2. The normalized spacial score (nSPS) is 36.2. The number of rotatable bonds is 3. The van der Waals surface area contributed by atoms with Crippen molar-refractivity contribution >= 4 is 17.7 Å². The first kappa shape index (κ1) is 9.13. The van der Waals surface area contributed by atoms with E-state index in [1.54, 1.807) is 17.8 Å². The Morgan fingerprint density at radius 3 is 2.77 bits per heavy atom. The van der Waals surface area contributed by atoms with Gasteiger partial charge in [-0.3, -0.25) is 4.79 Å². The molecule has 0 spiro atoms. The first-order chi connectivity index (χ1) is 6.33. The maximum atomic E-state index is 11.3. The number of carbonyl (C=O) groups is 1. The van der Waals surface area contributed by atoms with Gasteiger partial charge in [0.05, 0.1) is 0 Å². The predicted octanol–water partition coefficient (Wildman–Crippen LogP) is 1.78. The van der Waals surface area contributed by atoms with Crippen LogP contribution in [0.5, 0.6) is 0 Å². The number of thioether (sulfide) groups is 1. The van der Waals surface area contributed by atoms with Gasteiger partial charge in [0.15, 0.2) is 0 Å². The Kier molecular flexibility index (Phi) is 2.63. The summed E-state index contributed by atoms with van der Waals surface area (Å²) >= 11 is 1.56. The fourth-order valence-electron chi connectivity index (χ4n) is 2.38. The molecule has 0 aromatic rings. The maximum Gasteiger partial charge on any atom is 0.244 e. The van der Waals surface area contributed by atoms with E-state index in [9.17, 15) is 4.79 Å². The Labute approximate surface area is 83.2 Å². The molecule has 1 unspecified atom stereocenters. The molecular weight excluding hydrogens is 182 g/mol. The molecule has 72 valence electrons. The minimum atomic E-state index is 0.0775. The summed E-state index contributed by atoms with van der Waals surface area (Å²) in [6.07, 6.45) is 7.58. The van der Waals surface area contributed by atoms with E-state index in [1.165, 1.54) is 19.3 Å². The van der Waals surface area contributed by atoms with Gasteiger partial charge in [0, 0.05) is 12.1 Å². The van der Waals surface area contributed by atoms with Gasteiger partial charge >= 0.3 is 0 Å². The molecule has 3 atom stereocenters. The molecule has 0 saturated heterocycles. The molecule has 2 saturated carbocycles. The lowest BCUT2D eigenvalue weighted by atomic mass is 10.2. The van der Waals surface area contributed by atoms with Crippen LogP contribution in [-0.2, 0) is 4.79 Å². The lowest BCUT2D eigenvalue weighted by Crippen LogP contribution is -2.26. The summed E-state index contributed by atoms with van der Waals surface area (Å²) in [7, 11) is 0. The van der Waals surface area contributed by atoms with Crippen LogP contribution >= 0.6 is 11.8 Å². The molecule has 0 heterocycles. The largest absolute Gasteiger partial charge is 0.349 e. The molecule has 0 aliphatic heterocycles. The molecular formula is C10H15NOS. The molecule has 0 bridgehead atoms. The molecule has 1 amide bonds. The lowest BCUT2D eigenvalue weighted by Gasteiger charge is -2.03. The topological polar surface area (TPSA) is 29.1 Å². The van der Waals surface area contributed by atoms with Crippen LogP contribution in [0.4, 0.5) is 0 Å². The third-order valence-corrected chi connectivity index (χ3v) is 3.48. The van der Waals surface area contributed by atoms with Crippen LogP contribution < -0.4 is 5.32 Å². The lowest BCUT2D eigenvalue weighted by molar-refractivity contribution is -0.116. The summed E-state index contributed by atoms with van der Waals surface area (Å²) in [5.41, 5.74) is 0. The predicted molar refractivity (Wildman–Crippen MR) is 55.4 cm³/mol. The number of fused-ring (bicyclic) bond motifs is 1. The zero-order valence-corrected chi connectivity index (χ0v) is 8.64. The average Bonchev–Trinajstić information content (AvgIpc) is 2.63. The quantitative estimate of drug-likeness (QED) is 0.699. The summed E-state index contributed by atoms with van der Waals surface area (Å²) in [4.78, 5) is 11.3. The van der Waals surface area contributed by atoms with Crippen molar-refractivity contribution in [3.63, 3.8) is 0 Å². The fourth-order valence-corrected chi connectivity index (χ4v) is 2.64. The van der Waals surface area contributed by atoms with E-state index in [2.05, 4.69) is 5.32 Å². The Morgan fingerprint density at radius 2 is 2.15 bits per heavy atom. The summed E-state index contributed by atoms with van der Waals surface area (Å²) < 4.78 is 0. The molecule has 1 N–H and O–H groups in total. The van der Waals surface area contributed by atoms with Crippen molar-refractivity contribution in [2.24, 2.45) is 11.8 Å². The van der Waals surface area contributed by atoms with Crippen LogP contribution in [0, 0.1) is 11.8 Å². The number of hydrogen-bond acceptors (Lipinski definition) is 2. The van der Waals surface area contributed by atoms with Crippen molar-refractivity contribution in [1.82, 2.24) is 5.32 Å². The number of amides is 1. The minimum absolute atomic E-state index is 0.0775. The van der Waals surface area contributed by atoms with Gasteiger partial charge in [-0.05, 0) is 36.3 Å². The van der Waals surface area contributed by atoms with Gasteiger partial charge in [-0.15, -0.1) is 11.8 Å². The third-order valence-electron chi connectivity index (χ3n) is 3.07. The van der Waals surface area contributed by atoms with Crippen LogP contribution in [0.1, 0.15) is 19.3 Å². The van der Waals surface area contributed by atoms with Gasteiger partial charge in [-0.2, -0.15) is 0 Å². The second-order valence-corrected chi connectivity index (χ2v) is 4.58. The maximum absolute atomic E-state index is 11.3. The Balaban J connectivity index is 1.74. The van der Waals surface area contributed by atoms with Crippen LogP contribution in [-0.4, -0.2) is 18.2 Å². The monoisotopic (exact) mass is 197 g/mol. The molecule has 13 heavy (non-hydrogen) atoms. The summed E-state index contributed by atoms with van der Waals surface area (Å²) in [5.74, 6) is 1.70. The highest BCUT2D eigenvalue weighted by Crippen LogP contribution is 2.51. The van der Waals surface area contributed by atoms with Crippen molar-refractivity contribution in [3.8, 4) is 0 Å². The van der Waals surface area contributed by atoms with Gasteiger partial charge in [-0.1, -0.05) is 6.42 Å². The van der Waals surface area contributed by atoms with E-state index in [4.69, 9.17) is 0 Å². The van der Waals surface area contributed by atoms with Gasteiger partial charge in [-0.25, -0.2) is 0 Å². The molecule has 0 aromatic heterocycles. The number of nitrogens with one attached hydrogen (secondary N) is 1. The van der Waals surface area contributed by atoms with Crippen molar-refractivity contribution in [2.75, 3.05) is 6.26 Å². The highest BCUT2D eigenvalue weighted by molar-refractivity contribution is 8.01. The average molecular weight is 197 g/mol. The van der Waals surface area contributed by atoms with E-state index in [0.29, 0.717) is 6.04 Å². The zero-order valence-electron chi connectivity index (χ0n) is 7.82. The molecule has 2 fully saturated rings. The minimum Gasteiger partial charge on any atom is -0.349 e. The Morgan fingerprint density at radius 1 is 1.46 bits per heavy atom. The van der Waals surface area contributed by atoms with Crippen LogP contribution in [0.25, 0.3) is 0 Å². The van der Waals surface area contributed by atoms with E-state index >= 15 is 0 Å². The third kappa shape index (κ3) is 1.90. The first-order valence-corrected chi connectivity index (χ1v) is 6.11. The molecule has 0 aromatic carbocycles. The first-order valence-electron chi connectivity index (χ1n) is 4.83. The van der Waals surface area contributed by atoms with Gasteiger partial charge in [0.1, 0.15) is 0 Å². The summed E-state index contributed by atoms with van der Waals surface area (Å²) in [6.45, 7) is 0. The molecule has 2 nitrogen and oxygen atoms in total. The van der Waals surface area contributed by atoms with Crippen molar-refractivity contribution < 1.29 is 4.79 Å². The smallest absolute Gasteiger partial charge is 0.244 e. The molecule has 2 rings (SSSR count). The van der Waals surface area contributed by atoms with E-state index in [1.807, 2.05) is 11.7 Å². The SMILES string of the molecule is CS/C=C/C(=O)NC1[C@H]2CCC[C@@H]12. The number of hydrogen-bond donors (Lipinski definition) is 1. The second kappa shape index (κ2) is 3.74. The second-order valence-electron chi connectivity index (χ2n) is 3.83. The van der Waals surface area contributed by atoms with Crippen molar-refractivity contribution in [2.45, 2.75) is 25.3 Å². The van der Waals surface area contributed by atoms with Gasteiger partial charge in [0.2, 0.25) is 5.91 Å². The molecule has 3 heteroatoms. The van der Waals surface area contributed by atoms with Crippen LogP contribution in [0.2, 0.25) is 0 Å². The fraction of sp³-hybridized carbons (Fsp3) is 0.700. The number of carbonyl (C=O) groups excluding carboxylic acids is 1. The summed E-state index contributed by atoms with van der Waals surface area (Å²) in [6, 6.07) is 0.507.